The number of halogens is 1. The second-order valence-corrected chi connectivity index (χ2v) is 6.52. The van der Waals surface area contributed by atoms with Crippen LogP contribution in [-0.2, 0) is 6.54 Å². The lowest BCUT2D eigenvalue weighted by Crippen LogP contribution is -2.11. The zero-order valence-corrected chi connectivity index (χ0v) is 16.0. The van der Waals surface area contributed by atoms with E-state index < -0.39 is 0 Å². The summed E-state index contributed by atoms with van der Waals surface area (Å²) in [5.74, 6) is 1.56. The van der Waals surface area contributed by atoms with Gasteiger partial charge < -0.3 is 14.5 Å². The molecule has 1 N–H and O–H groups in total. The molecule has 0 saturated heterocycles. The number of nitrogens with one attached hydrogen (secondary N) is 1. The number of rotatable bonds is 5. The van der Waals surface area contributed by atoms with Crippen LogP contribution in [0, 0.1) is 0 Å². The predicted octanol–water partition coefficient (Wildman–Crippen LogP) is 3.51. The van der Waals surface area contributed by atoms with E-state index in [0.717, 1.165) is 5.56 Å². The average molecular weight is 397 g/mol. The van der Waals surface area contributed by atoms with Crippen LogP contribution in [0.25, 0.3) is 22.4 Å². The fraction of sp³-hybridized carbons (Fsp3) is 0.150. The van der Waals surface area contributed by atoms with Gasteiger partial charge in [0.25, 0.3) is 5.56 Å². The van der Waals surface area contributed by atoms with Crippen molar-refractivity contribution in [2.75, 3.05) is 14.2 Å². The summed E-state index contributed by atoms with van der Waals surface area (Å²) >= 11 is 6.26. The van der Waals surface area contributed by atoms with E-state index in [4.69, 9.17) is 21.1 Å². The Kier molecular flexibility index (Phi) is 4.75. The van der Waals surface area contributed by atoms with Gasteiger partial charge in [-0.25, -0.2) is 9.67 Å². The standard InChI is InChI=1S/C20H17ClN4O3/c1-27-16-8-7-12(9-17(16)28-2)18-23-19-14(20(26)24-18)10-22-25(19)11-13-5-3-4-6-15(13)21/h3-10H,11H2,1-2H3,(H,23,24,26). The first-order chi connectivity index (χ1) is 13.6. The van der Waals surface area contributed by atoms with E-state index in [2.05, 4.69) is 15.1 Å². The van der Waals surface area contributed by atoms with Gasteiger partial charge in [0, 0.05) is 10.6 Å². The molecule has 2 heterocycles. The van der Waals surface area contributed by atoms with Crippen molar-refractivity contribution in [3.05, 3.63) is 69.6 Å². The Morgan fingerprint density at radius 3 is 2.64 bits per heavy atom. The minimum atomic E-state index is -0.264. The summed E-state index contributed by atoms with van der Waals surface area (Å²) < 4.78 is 12.3. The van der Waals surface area contributed by atoms with Crippen LogP contribution >= 0.6 is 11.6 Å². The fourth-order valence-corrected chi connectivity index (χ4v) is 3.19. The van der Waals surface area contributed by atoms with Crippen molar-refractivity contribution in [2.24, 2.45) is 0 Å². The maximum atomic E-state index is 12.6. The monoisotopic (exact) mass is 396 g/mol. The molecule has 0 aliphatic carbocycles. The van der Waals surface area contributed by atoms with Crippen molar-refractivity contribution < 1.29 is 9.47 Å². The lowest BCUT2D eigenvalue weighted by molar-refractivity contribution is 0.355. The topological polar surface area (TPSA) is 82.0 Å². The molecule has 7 nitrogen and oxygen atoms in total. The summed E-state index contributed by atoms with van der Waals surface area (Å²) in [7, 11) is 3.12. The van der Waals surface area contributed by atoms with E-state index in [-0.39, 0.29) is 5.56 Å². The first-order valence-electron chi connectivity index (χ1n) is 8.52. The lowest BCUT2D eigenvalue weighted by atomic mass is 10.2. The maximum Gasteiger partial charge on any atom is 0.262 e. The number of hydrogen-bond donors (Lipinski definition) is 1. The summed E-state index contributed by atoms with van der Waals surface area (Å²) in [6.07, 6.45) is 1.51. The minimum absolute atomic E-state index is 0.264. The molecule has 0 spiro atoms. The summed E-state index contributed by atoms with van der Waals surface area (Å²) in [6.45, 7) is 0.408. The van der Waals surface area contributed by atoms with Crippen LogP contribution in [0.15, 0.2) is 53.5 Å². The molecule has 8 heteroatoms. The van der Waals surface area contributed by atoms with Crippen LogP contribution in [0.1, 0.15) is 5.56 Å². The molecular formula is C20H17ClN4O3. The van der Waals surface area contributed by atoms with Gasteiger partial charge in [-0.3, -0.25) is 4.79 Å². The SMILES string of the molecule is COc1ccc(-c2nc3c(cnn3Cc3ccccc3Cl)c(=O)[nH]2)cc1OC. The molecule has 2 aromatic carbocycles. The van der Waals surface area contributed by atoms with Gasteiger partial charge in [-0.1, -0.05) is 29.8 Å². The molecule has 0 aliphatic heterocycles. The summed E-state index contributed by atoms with van der Waals surface area (Å²) in [5.41, 5.74) is 1.81. The van der Waals surface area contributed by atoms with E-state index in [0.29, 0.717) is 45.5 Å². The number of methoxy groups -OCH3 is 2. The van der Waals surface area contributed by atoms with Gasteiger partial charge >= 0.3 is 0 Å². The van der Waals surface area contributed by atoms with Crippen LogP contribution < -0.4 is 15.0 Å². The molecule has 28 heavy (non-hydrogen) atoms. The Labute approximate surface area is 165 Å². The molecule has 142 valence electrons. The molecule has 0 bridgehead atoms. The molecule has 0 saturated carbocycles. The van der Waals surface area contributed by atoms with Crippen molar-refractivity contribution in [3.8, 4) is 22.9 Å². The van der Waals surface area contributed by atoms with E-state index in [1.165, 1.54) is 6.20 Å². The van der Waals surface area contributed by atoms with Crippen LogP contribution in [0.2, 0.25) is 5.02 Å². The summed E-state index contributed by atoms with van der Waals surface area (Å²) in [6, 6.07) is 12.8. The Morgan fingerprint density at radius 2 is 1.89 bits per heavy atom. The summed E-state index contributed by atoms with van der Waals surface area (Å²) in [4.78, 5) is 20.0. The first kappa shape index (κ1) is 18.1. The minimum Gasteiger partial charge on any atom is -0.493 e. The molecule has 0 atom stereocenters. The second kappa shape index (κ2) is 7.36. The third-order valence-corrected chi connectivity index (χ3v) is 4.81. The predicted molar refractivity (Wildman–Crippen MR) is 107 cm³/mol. The van der Waals surface area contributed by atoms with Gasteiger partial charge in [0.2, 0.25) is 0 Å². The smallest absolute Gasteiger partial charge is 0.262 e. The van der Waals surface area contributed by atoms with Gasteiger partial charge in [-0.2, -0.15) is 5.10 Å². The molecule has 0 aliphatic rings. The van der Waals surface area contributed by atoms with Crippen LogP contribution in [0.4, 0.5) is 0 Å². The molecule has 0 amide bonds. The number of nitrogens with zero attached hydrogens (tertiary/aromatic N) is 3. The Hall–Kier alpha value is -3.32. The molecule has 0 fully saturated rings. The van der Waals surface area contributed by atoms with Crippen LogP contribution in [-0.4, -0.2) is 34.0 Å². The highest BCUT2D eigenvalue weighted by Gasteiger charge is 2.14. The third-order valence-electron chi connectivity index (χ3n) is 4.44. The van der Waals surface area contributed by atoms with Gasteiger partial charge in [-0.05, 0) is 29.8 Å². The van der Waals surface area contributed by atoms with E-state index in [1.807, 2.05) is 24.3 Å². The van der Waals surface area contributed by atoms with E-state index in [1.54, 1.807) is 37.1 Å². The van der Waals surface area contributed by atoms with Crippen molar-refractivity contribution in [1.29, 1.82) is 0 Å². The summed E-state index contributed by atoms with van der Waals surface area (Å²) in [5, 5.41) is 5.37. The van der Waals surface area contributed by atoms with E-state index >= 15 is 0 Å². The Morgan fingerprint density at radius 1 is 1.11 bits per heavy atom. The zero-order valence-electron chi connectivity index (χ0n) is 15.3. The quantitative estimate of drug-likeness (QED) is 0.558. The molecule has 2 aromatic heterocycles. The molecule has 0 unspecified atom stereocenters. The molecule has 0 radical (unpaired) electrons. The van der Waals surface area contributed by atoms with Crippen molar-refractivity contribution in [2.45, 2.75) is 6.54 Å². The Bertz CT molecular complexity index is 1220. The van der Waals surface area contributed by atoms with Gasteiger partial charge in [0.15, 0.2) is 17.1 Å². The average Bonchev–Trinajstić information content (AvgIpc) is 3.12. The van der Waals surface area contributed by atoms with Gasteiger partial charge in [0.1, 0.15) is 11.2 Å². The highest BCUT2D eigenvalue weighted by molar-refractivity contribution is 6.31. The van der Waals surface area contributed by atoms with Crippen molar-refractivity contribution >= 4 is 22.6 Å². The number of aromatic amines is 1. The van der Waals surface area contributed by atoms with Gasteiger partial charge in [0.05, 0.1) is 27.0 Å². The highest BCUT2D eigenvalue weighted by Crippen LogP contribution is 2.31. The maximum absolute atomic E-state index is 12.6. The molecule has 4 rings (SSSR count). The van der Waals surface area contributed by atoms with Crippen LogP contribution in [0.3, 0.4) is 0 Å². The fourth-order valence-electron chi connectivity index (χ4n) is 2.99. The van der Waals surface area contributed by atoms with Crippen LogP contribution in [0.5, 0.6) is 11.5 Å². The number of aromatic nitrogens is 4. The third kappa shape index (κ3) is 3.20. The second-order valence-electron chi connectivity index (χ2n) is 6.12. The van der Waals surface area contributed by atoms with Gasteiger partial charge in [-0.15, -0.1) is 0 Å². The number of H-pyrrole nitrogens is 1. The number of fused-ring (bicyclic) bond motifs is 1. The first-order valence-corrected chi connectivity index (χ1v) is 8.90. The molecular weight excluding hydrogens is 380 g/mol. The largest absolute Gasteiger partial charge is 0.493 e. The van der Waals surface area contributed by atoms with Crippen molar-refractivity contribution in [1.82, 2.24) is 19.7 Å². The van der Waals surface area contributed by atoms with Crippen molar-refractivity contribution in [3.63, 3.8) is 0 Å². The van der Waals surface area contributed by atoms with E-state index in [9.17, 15) is 4.79 Å². The molecule has 4 aromatic rings. The Balaban J connectivity index is 1.82. The lowest BCUT2D eigenvalue weighted by Gasteiger charge is -2.10. The number of benzene rings is 2. The zero-order chi connectivity index (χ0) is 19.7. The highest BCUT2D eigenvalue weighted by atomic mass is 35.5. The normalized spacial score (nSPS) is 11.0. The number of hydrogen-bond acceptors (Lipinski definition) is 5. The number of ether oxygens (including phenoxy) is 2.